The average Bonchev–Trinajstić information content (AvgIpc) is 3.63. The number of rotatable bonds is 2. The van der Waals surface area contributed by atoms with Crippen LogP contribution < -0.4 is 4.74 Å². The number of para-hydroxylation sites is 5. The third-order valence-electron chi connectivity index (χ3n) is 7.57. The molecule has 6 aromatic carbocycles. The molecule has 182 valence electrons. The number of nitrogens with zero attached hydrogens (tertiary/aromatic N) is 2. The average molecular weight is 507 g/mol. The second-order valence-electron chi connectivity index (χ2n) is 9.59. The third-order valence-corrected chi connectivity index (χ3v) is 7.57. The van der Waals surface area contributed by atoms with E-state index in [2.05, 4.69) is 22.8 Å². The van der Waals surface area contributed by atoms with E-state index in [-0.39, 0.29) is 46.0 Å². The summed E-state index contributed by atoms with van der Waals surface area (Å²) in [6.07, 6.45) is 0. The fourth-order valence-corrected chi connectivity index (χ4v) is 5.96. The molecule has 2 aromatic heterocycles. The van der Waals surface area contributed by atoms with Crippen molar-refractivity contribution < 1.29 is 15.7 Å². The highest BCUT2D eigenvalue weighted by Crippen LogP contribution is 2.48. The van der Waals surface area contributed by atoms with Crippen LogP contribution in [-0.4, -0.2) is 9.13 Å². The molecule has 0 atom stereocenters. The quantitative estimate of drug-likeness (QED) is 0.228. The Morgan fingerprint density at radius 3 is 1.97 bits per heavy atom. The molecule has 0 aliphatic carbocycles. The summed E-state index contributed by atoms with van der Waals surface area (Å²) in [5.74, 6) is 1.49. The van der Waals surface area contributed by atoms with Crippen LogP contribution in [0.25, 0.3) is 66.1 Å². The summed E-state index contributed by atoms with van der Waals surface area (Å²) in [6, 6.07) is 24.5. The minimum absolute atomic E-state index is 0.0542. The van der Waals surface area contributed by atoms with E-state index in [1.807, 2.05) is 54.6 Å². The summed E-state index contributed by atoms with van der Waals surface area (Å²) in [5, 5.41) is 2.32. The van der Waals surface area contributed by atoms with Gasteiger partial charge in [-0.15, -0.1) is 0 Å². The van der Waals surface area contributed by atoms with E-state index in [1.54, 1.807) is 12.1 Å². The van der Waals surface area contributed by atoms with Crippen LogP contribution in [0, 0.1) is 0 Å². The molecule has 3 nitrogen and oxygen atoms in total. The highest BCUT2D eigenvalue weighted by atomic mass is 16.5. The van der Waals surface area contributed by atoms with E-state index in [4.69, 9.17) is 15.7 Å². The Balaban J connectivity index is 1.31. The Morgan fingerprint density at radius 1 is 0.513 bits per heavy atom. The Morgan fingerprint density at radius 2 is 1.18 bits per heavy atom. The summed E-state index contributed by atoms with van der Waals surface area (Å²) in [6.45, 7) is 0. The van der Waals surface area contributed by atoms with Crippen LogP contribution in [0.3, 0.4) is 0 Å². The zero-order chi connectivity index (χ0) is 32.5. The maximum Gasteiger partial charge on any atom is 0.152 e. The Kier molecular flexibility index (Phi) is 2.85. The van der Waals surface area contributed by atoms with Crippen molar-refractivity contribution in [2.75, 3.05) is 0 Å². The second kappa shape index (κ2) is 7.62. The maximum atomic E-state index is 8.80. The molecule has 1 aliphatic heterocycles. The van der Waals surface area contributed by atoms with Gasteiger partial charge in [0.15, 0.2) is 11.5 Å². The van der Waals surface area contributed by atoms with Crippen molar-refractivity contribution in [3.8, 4) is 34.0 Å². The van der Waals surface area contributed by atoms with E-state index in [0.29, 0.717) is 11.4 Å². The van der Waals surface area contributed by atoms with Gasteiger partial charge in [0.2, 0.25) is 0 Å². The first-order valence-electron chi connectivity index (χ1n) is 16.6. The Labute approximate surface area is 236 Å². The van der Waals surface area contributed by atoms with Gasteiger partial charge in [0, 0.05) is 32.8 Å². The molecule has 9 rings (SSSR count). The molecule has 3 heteroatoms. The first-order chi connectivity index (χ1) is 22.7. The van der Waals surface area contributed by atoms with Gasteiger partial charge in [-0.05, 0) is 48.0 Å². The number of hydrogen-bond donors (Lipinski definition) is 0. The van der Waals surface area contributed by atoms with Crippen LogP contribution in [0.5, 0.6) is 11.5 Å². The lowest BCUT2D eigenvalue weighted by Gasteiger charge is -2.23. The zero-order valence-corrected chi connectivity index (χ0v) is 20.4. The number of benzene rings is 6. The van der Waals surface area contributed by atoms with E-state index in [0.717, 1.165) is 44.4 Å². The predicted octanol–water partition coefficient (Wildman–Crippen LogP) is 9.65. The molecule has 0 bridgehead atoms. The SMILES string of the molecule is [2H]c1c([2H])c([2H])c2c(c1[2H])c1c([2H])c([2H])c([2H])c([2H])c1n2-c1ccc(-c2cccc3c2-n2c4ccccc4c4cccc(c42)O3)cc1. The summed E-state index contributed by atoms with van der Waals surface area (Å²) < 4.78 is 78.5. The molecular weight excluding hydrogens is 476 g/mol. The van der Waals surface area contributed by atoms with Gasteiger partial charge in [-0.1, -0.05) is 90.9 Å². The van der Waals surface area contributed by atoms with Crippen LogP contribution >= 0.6 is 0 Å². The van der Waals surface area contributed by atoms with Crippen LogP contribution in [0.2, 0.25) is 0 Å². The van der Waals surface area contributed by atoms with Crippen molar-refractivity contribution in [3.63, 3.8) is 0 Å². The molecule has 1 aliphatic rings. The molecule has 0 fully saturated rings. The molecule has 0 N–H and O–H groups in total. The smallest absolute Gasteiger partial charge is 0.152 e. The fourth-order valence-electron chi connectivity index (χ4n) is 5.96. The molecule has 39 heavy (non-hydrogen) atoms. The van der Waals surface area contributed by atoms with Gasteiger partial charge < -0.3 is 13.9 Å². The van der Waals surface area contributed by atoms with Crippen LogP contribution in [0.15, 0.2) is 133 Å². The van der Waals surface area contributed by atoms with Crippen molar-refractivity contribution in [1.29, 1.82) is 0 Å². The van der Waals surface area contributed by atoms with E-state index in [1.165, 1.54) is 4.57 Å². The maximum absolute atomic E-state index is 8.80. The number of ether oxygens (including phenoxy) is 1. The summed E-state index contributed by atoms with van der Waals surface area (Å²) in [7, 11) is 0. The van der Waals surface area contributed by atoms with E-state index < -0.39 is 24.2 Å². The van der Waals surface area contributed by atoms with Gasteiger partial charge in [-0.3, -0.25) is 0 Å². The summed E-state index contributed by atoms with van der Waals surface area (Å²) in [4.78, 5) is 0. The summed E-state index contributed by atoms with van der Waals surface area (Å²) >= 11 is 0. The van der Waals surface area contributed by atoms with Crippen LogP contribution in [-0.2, 0) is 0 Å². The molecule has 0 amide bonds. The lowest BCUT2D eigenvalue weighted by atomic mass is 10.0. The second-order valence-corrected chi connectivity index (χ2v) is 9.59. The number of hydrogen-bond acceptors (Lipinski definition) is 1. The van der Waals surface area contributed by atoms with Crippen LogP contribution in [0.1, 0.15) is 11.0 Å². The largest absolute Gasteiger partial charge is 0.453 e. The van der Waals surface area contributed by atoms with Crippen molar-refractivity contribution in [3.05, 3.63) is 133 Å². The topological polar surface area (TPSA) is 19.1 Å². The fraction of sp³-hybridized carbons (Fsp3) is 0. The third kappa shape index (κ3) is 2.76. The molecule has 0 radical (unpaired) electrons. The first-order valence-corrected chi connectivity index (χ1v) is 12.6. The molecule has 0 saturated carbocycles. The Hall–Kier alpha value is -5.28. The monoisotopic (exact) mass is 506 g/mol. The van der Waals surface area contributed by atoms with Gasteiger partial charge in [0.1, 0.15) is 0 Å². The normalized spacial score (nSPS) is 15.2. The molecule has 0 unspecified atom stereocenters. The van der Waals surface area contributed by atoms with Crippen LogP contribution in [0.4, 0.5) is 0 Å². The molecule has 3 heterocycles. The molecular formula is C36H22N2O. The number of fused-ring (bicyclic) bond motifs is 8. The van der Waals surface area contributed by atoms with E-state index in [9.17, 15) is 0 Å². The minimum atomic E-state index is -0.464. The Bertz CT molecular complexity index is 2620. The van der Waals surface area contributed by atoms with Crippen molar-refractivity contribution in [2.45, 2.75) is 0 Å². The lowest BCUT2D eigenvalue weighted by molar-refractivity contribution is 0.477. The summed E-state index contributed by atoms with van der Waals surface area (Å²) in [5.41, 5.74) is 5.38. The molecule has 0 saturated heterocycles. The van der Waals surface area contributed by atoms with Gasteiger partial charge >= 0.3 is 0 Å². The first kappa shape index (κ1) is 14.6. The number of aromatic nitrogens is 2. The minimum Gasteiger partial charge on any atom is -0.453 e. The highest BCUT2D eigenvalue weighted by Gasteiger charge is 2.26. The zero-order valence-electron chi connectivity index (χ0n) is 28.4. The standard InChI is InChI=1S/C36H22N2O/c1-4-14-30-26(9-1)27-10-2-5-15-31(27)37(30)24-21-19-23(20-22-24)25-12-7-17-33-35(25)38-32-16-6-3-11-28(32)29-13-8-18-34(39-33)36(29)38/h1-22H/i1D,2D,4D,5D,9D,10D,14D,15D. The van der Waals surface area contributed by atoms with Gasteiger partial charge in [-0.2, -0.15) is 0 Å². The molecule has 8 aromatic rings. The van der Waals surface area contributed by atoms with Crippen molar-refractivity contribution in [2.24, 2.45) is 0 Å². The van der Waals surface area contributed by atoms with Gasteiger partial charge in [0.25, 0.3) is 0 Å². The van der Waals surface area contributed by atoms with Gasteiger partial charge in [-0.25, -0.2) is 0 Å². The molecule has 0 spiro atoms. The van der Waals surface area contributed by atoms with E-state index >= 15 is 0 Å². The van der Waals surface area contributed by atoms with Gasteiger partial charge in [0.05, 0.1) is 38.7 Å². The highest BCUT2D eigenvalue weighted by molar-refractivity contribution is 6.13. The lowest BCUT2D eigenvalue weighted by Crippen LogP contribution is -2.06. The van der Waals surface area contributed by atoms with Crippen molar-refractivity contribution in [1.82, 2.24) is 9.13 Å². The predicted molar refractivity (Wildman–Crippen MR) is 161 cm³/mol. The van der Waals surface area contributed by atoms with Crippen molar-refractivity contribution >= 4 is 43.6 Å².